The molecule has 1 aromatic rings. The highest BCUT2D eigenvalue weighted by molar-refractivity contribution is 5.97. The van der Waals surface area contributed by atoms with Crippen LogP contribution in [-0.4, -0.2) is 22.2 Å². The fourth-order valence-corrected chi connectivity index (χ4v) is 1.39. The number of nitriles is 1. The van der Waals surface area contributed by atoms with Crippen LogP contribution in [0.5, 0.6) is 11.5 Å². The molecule has 3 N–H and O–H groups in total. The minimum atomic E-state index is -0.500. The number of para-hydroxylation sites is 1. The van der Waals surface area contributed by atoms with E-state index in [-0.39, 0.29) is 23.8 Å². The highest BCUT2D eigenvalue weighted by Gasteiger charge is 2.16. The first-order valence-electron chi connectivity index (χ1n) is 5.28. The summed E-state index contributed by atoms with van der Waals surface area (Å²) in [6.07, 6.45) is 0.834. The van der Waals surface area contributed by atoms with Gasteiger partial charge in [0.2, 0.25) is 0 Å². The van der Waals surface area contributed by atoms with Gasteiger partial charge in [-0.05, 0) is 18.6 Å². The monoisotopic (exact) mass is 234 g/mol. The van der Waals surface area contributed by atoms with Crippen LogP contribution in [0.3, 0.4) is 0 Å². The smallest absolute Gasteiger partial charge is 0.255 e. The zero-order valence-electron chi connectivity index (χ0n) is 9.47. The van der Waals surface area contributed by atoms with E-state index in [0.717, 1.165) is 0 Å². The Balaban J connectivity index is 2.83. The van der Waals surface area contributed by atoms with Crippen molar-refractivity contribution in [2.45, 2.75) is 25.8 Å². The van der Waals surface area contributed by atoms with Gasteiger partial charge >= 0.3 is 0 Å². The van der Waals surface area contributed by atoms with Crippen molar-refractivity contribution in [3.8, 4) is 17.6 Å². The Labute approximate surface area is 99.3 Å². The molecule has 0 fully saturated rings. The molecule has 90 valence electrons. The number of benzene rings is 1. The molecule has 0 unspecified atom stereocenters. The minimum absolute atomic E-state index is 0.00129. The molecule has 0 bridgehead atoms. The average Bonchev–Trinajstić information content (AvgIpc) is 2.31. The second-order valence-corrected chi connectivity index (χ2v) is 3.61. The molecule has 5 heteroatoms. The lowest BCUT2D eigenvalue weighted by molar-refractivity contribution is 0.0933. The molecule has 0 spiro atoms. The molecular formula is C12H14N2O3. The molecule has 5 nitrogen and oxygen atoms in total. The van der Waals surface area contributed by atoms with Crippen LogP contribution in [0.4, 0.5) is 0 Å². The summed E-state index contributed by atoms with van der Waals surface area (Å²) in [6, 6.07) is 5.88. The predicted octanol–water partition coefficient (Wildman–Crippen LogP) is 1.52. The zero-order chi connectivity index (χ0) is 12.8. The molecule has 17 heavy (non-hydrogen) atoms. The van der Waals surface area contributed by atoms with E-state index in [0.29, 0.717) is 6.42 Å². The van der Waals surface area contributed by atoms with Crippen LogP contribution in [0.1, 0.15) is 30.1 Å². The van der Waals surface area contributed by atoms with Gasteiger partial charge in [0.25, 0.3) is 5.91 Å². The Bertz CT molecular complexity index is 452. The quantitative estimate of drug-likeness (QED) is 0.688. The standard InChI is InChI=1S/C12H14N2O3/c1-2-8(6-7-13)14-12(17)9-4-3-5-10(15)11(9)16/h3-5,8,15-16H,2,6H2,1H3,(H,14,17)/t8-/m0/s1. The number of aromatic hydroxyl groups is 2. The lowest BCUT2D eigenvalue weighted by atomic mass is 10.1. The van der Waals surface area contributed by atoms with Gasteiger partial charge in [0.1, 0.15) is 0 Å². The van der Waals surface area contributed by atoms with Gasteiger partial charge in [0.05, 0.1) is 18.1 Å². The number of hydrogen-bond donors (Lipinski definition) is 3. The van der Waals surface area contributed by atoms with Crippen LogP contribution < -0.4 is 5.32 Å². The number of nitrogens with one attached hydrogen (secondary N) is 1. The number of phenolic OH excluding ortho intramolecular Hbond substituents is 2. The third-order valence-corrected chi connectivity index (χ3v) is 2.43. The molecule has 1 rings (SSSR count). The lowest BCUT2D eigenvalue weighted by Crippen LogP contribution is -2.34. The van der Waals surface area contributed by atoms with Crippen molar-refractivity contribution >= 4 is 5.91 Å². The summed E-state index contributed by atoms with van der Waals surface area (Å²) in [5.41, 5.74) is 0.00129. The predicted molar refractivity (Wildman–Crippen MR) is 61.5 cm³/mol. The van der Waals surface area contributed by atoms with Gasteiger partial charge in [-0.2, -0.15) is 5.26 Å². The number of rotatable bonds is 4. The number of hydrogen-bond acceptors (Lipinski definition) is 4. The Morgan fingerprint density at radius 3 is 2.82 bits per heavy atom. The van der Waals surface area contributed by atoms with E-state index in [2.05, 4.69) is 5.32 Å². The maximum absolute atomic E-state index is 11.8. The Morgan fingerprint density at radius 1 is 1.53 bits per heavy atom. The first kappa shape index (κ1) is 12.8. The van der Waals surface area contributed by atoms with Crippen molar-refractivity contribution in [2.75, 3.05) is 0 Å². The first-order chi connectivity index (χ1) is 8.10. The van der Waals surface area contributed by atoms with Gasteiger partial charge in [-0.3, -0.25) is 4.79 Å². The largest absolute Gasteiger partial charge is 0.504 e. The van der Waals surface area contributed by atoms with Crippen molar-refractivity contribution in [1.82, 2.24) is 5.32 Å². The molecule has 0 aliphatic rings. The van der Waals surface area contributed by atoms with Gasteiger partial charge in [-0.1, -0.05) is 13.0 Å². The van der Waals surface area contributed by atoms with E-state index in [1.54, 1.807) is 0 Å². The summed E-state index contributed by atoms with van der Waals surface area (Å²) in [6.45, 7) is 1.85. The van der Waals surface area contributed by atoms with E-state index in [9.17, 15) is 15.0 Å². The van der Waals surface area contributed by atoms with Crippen LogP contribution in [0.25, 0.3) is 0 Å². The fraction of sp³-hybridized carbons (Fsp3) is 0.333. The van der Waals surface area contributed by atoms with Crippen molar-refractivity contribution in [2.24, 2.45) is 0 Å². The second-order valence-electron chi connectivity index (χ2n) is 3.61. The first-order valence-corrected chi connectivity index (χ1v) is 5.28. The maximum atomic E-state index is 11.8. The zero-order valence-corrected chi connectivity index (χ0v) is 9.47. The number of carbonyl (C=O) groups is 1. The van der Waals surface area contributed by atoms with Gasteiger partial charge in [0, 0.05) is 6.04 Å². The summed E-state index contributed by atoms with van der Waals surface area (Å²) in [7, 11) is 0. The van der Waals surface area contributed by atoms with Crippen molar-refractivity contribution in [1.29, 1.82) is 5.26 Å². The van der Waals surface area contributed by atoms with Crippen LogP contribution in [0, 0.1) is 11.3 Å². The summed E-state index contributed by atoms with van der Waals surface area (Å²) >= 11 is 0. The molecular weight excluding hydrogens is 220 g/mol. The van der Waals surface area contributed by atoms with E-state index in [1.165, 1.54) is 18.2 Å². The summed E-state index contributed by atoms with van der Waals surface area (Å²) in [5.74, 6) is -1.29. The van der Waals surface area contributed by atoms with E-state index in [4.69, 9.17) is 5.26 Å². The Morgan fingerprint density at radius 2 is 2.24 bits per heavy atom. The topological polar surface area (TPSA) is 93.4 Å². The Hall–Kier alpha value is -2.22. The van der Waals surface area contributed by atoms with Crippen LogP contribution >= 0.6 is 0 Å². The Kier molecular flexibility index (Phi) is 4.35. The molecule has 1 amide bonds. The molecule has 1 atom stereocenters. The fourth-order valence-electron chi connectivity index (χ4n) is 1.39. The van der Waals surface area contributed by atoms with E-state index >= 15 is 0 Å². The molecule has 0 aliphatic carbocycles. The normalized spacial score (nSPS) is 11.5. The van der Waals surface area contributed by atoms with Gasteiger partial charge in [-0.25, -0.2) is 0 Å². The minimum Gasteiger partial charge on any atom is -0.504 e. The van der Waals surface area contributed by atoms with Crippen molar-refractivity contribution < 1.29 is 15.0 Å². The summed E-state index contributed by atoms with van der Waals surface area (Å²) in [4.78, 5) is 11.8. The van der Waals surface area contributed by atoms with Gasteiger partial charge in [0.15, 0.2) is 11.5 Å². The van der Waals surface area contributed by atoms with Crippen molar-refractivity contribution in [3.63, 3.8) is 0 Å². The molecule has 0 aromatic heterocycles. The lowest BCUT2D eigenvalue weighted by Gasteiger charge is -2.14. The number of amides is 1. The number of carbonyl (C=O) groups excluding carboxylic acids is 1. The molecule has 0 radical (unpaired) electrons. The third kappa shape index (κ3) is 3.11. The van der Waals surface area contributed by atoms with Crippen LogP contribution in [0.15, 0.2) is 18.2 Å². The average molecular weight is 234 g/mol. The second kappa shape index (κ2) is 5.75. The van der Waals surface area contributed by atoms with E-state index < -0.39 is 11.7 Å². The summed E-state index contributed by atoms with van der Waals surface area (Å²) in [5, 5.41) is 29.9. The third-order valence-electron chi connectivity index (χ3n) is 2.43. The molecule has 0 saturated carbocycles. The van der Waals surface area contributed by atoms with Crippen molar-refractivity contribution in [3.05, 3.63) is 23.8 Å². The number of nitrogens with zero attached hydrogens (tertiary/aromatic N) is 1. The molecule has 0 aliphatic heterocycles. The molecule has 1 aromatic carbocycles. The maximum Gasteiger partial charge on any atom is 0.255 e. The molecule has 0 saturated heterocycles. The van der Waals surface area contributed by atoms with Crippen LogP contribution in [-0.2, 0) is 0 Å². The molecule has 0 heterocycles. The highest BCUT2D eigenvalue weighted by Crippen LogP contribution is 2.28. The SMILES string of the molecule is CC[C@@H](CC#N)NC(=O)c1cccc(O)c1O. The summed E-state index contributed by atoms with van der Waals surface area (Å²) < 4.78 is 0. The van der Waals surface area contributed by atoms with Crippen LogP contribution in [0.2, 0.25) is 0 Å². The highest BCUT2D eigenvalue weighted by atomic mass is 16.3. The van der Waals surface area contributed by atoms with Gasteiger partial charge < -0.3 is 15.5 Å². The van der Waals surface area contributed by atoms with Gasteiger partial charge in [-0.15, -0.1) is 0 Å². The van der Waals surface area contributed by atoms with E-state index in [1.807, 2.05) is 13.0 Å². The number of phenols is 2.